The van der Waals surface area contributed by atoms with Crippen LogP contribution in [-0.4, -0.2) is 54.3 Å². The average molecular weight is 470 g/mol. The first-order valence-electron chi connectivity index (χ1n) is 9.80. The number of halogens is 6. The molecule has 33 heavy (non-hydrogen) atoms. The summed E-state index contributed by atoms with van der Waals surface area (Å²) in [5.41, 5.74) is -1.52. The highest BCUT2D eigenvalue weighted by molar-refractivity contribution is 5.98. The van der Waals surface area contributed by atoms with E-state index in [0.29, 0.717) is 12.4 Å². The minimum atomic E-state index is -4.62. The molecule has 1 aromatic carbocycles. The van der Waals surface area contributed by atoms with Crippen molar-refractivity contribution in [3.8, 4) is 5.69 Å². The Labute approximate surface area is 183 Å². The molecule has 3 aromatic rings. The molecular formula is C20H16F6N6O. The van der Waals surface area contributed by atoms with Gasteiger partial charge in [-0.1, -0.05) is 6.07 Å². The molecule has 1 atom stereocenters. The minimum absolute atomic E-state index is 0.0646. The maximum atomic E-state index is 14.6. The summed E-state index contributed by atoms with van der Waals surface area (Å²) in [6, 6.07) is 2.08. The van der Waals surface area contributed by atoms with Crippen molar-refractivity contribution in [3.63, 3.8) is 0 Å². The van der Waals surface area contributed by atoms with Gasteiger partial charge in [-0.05, 0) is 18.6 Å². The van der Waals surface area contributed by atoms with Crippen molar-refractivity contribution in [2.45, 2.75) is 37.4 Å². The van der Waals surface area contributed by atoms with E-state index in [1.807, 2.05) is 0 Å². The molecule has 174 valence electrons. The van der Waals surface area contributed by atoms with Gasteiger partial charge in [0.1, 0.15) is 11.5 Å². The van der Waals surface area contributed by atoms with E-state index < -0.39 is 41.8 Å². The fourth-order valence-electron chi connectivity index (χ4n) is 3.70. The van der Waals surface area contributed by atoms with Gasteiger partial charge in [-0.25, -0.2) is 23.1 Å². The van der Waals surface area contributed by atoms with E-state index in [2.05, 4.69) is 20.2 Å². The van der Waals surface area contributed by atoms with Gasteiger partial charge in [-0.3, -0.25) is 4.79 Å². The lowest BCUT2D eigenvalue weighted by molar-refractivity contribution is -0.138. The molecule has 7 nitrogen and oxygen atoms in total. The molecular weight excluding hydrogens is 454 g/mol. The highest BCUT2D eigenvalue weighted by Gasteiger charge is 2.50. The molecule has 0 bridgehead atoms. The third-order valence-corrected chi connectivity index (χ3v) is 5.32. The quantitative estimate of drug-likeness (QED) is 0.532. The van der Waals surface area contributed by atoms with E-state index in [1.165, 1.54) is 24.5 Å². The molecule has 1 amide bonds. The monoisotopic (exact) mass is 470 g/mol. The Kier molecular flexibility index (Phi) is 5.80. The number of amides is 1. The van der Waals surface area contributed by atoms with Gasteiger partial charge < -0.3 is 4.90 Å². The van der Waals surface area contributed by atoms with Crippen molar-refractivity contribution >= 4 is 5.91 Å². The zero-order valence-corrected chi connectivity index (χ0v) is 16.8. The van der Waals surface area contributed by atoms with E-state index >= 15 is 0 Å². The van der Waals surface area contributed by atoms with Gasteiger partial charge in [-0.15, -0.1) is 4.80 Å². The number of aromatic nitrogens is 5. The Balaban J connectivity index is 1.57. The van der Waals surface area contributed by atoms with Crippen LogP contribution in [0.5, 0.6) is 0 Å². The summed E-state index contributed by atoms with van der Waals surface area (Å²) in [5, 5.41) is 7.63. The van der Waals surface area contributed by atoms with Gasteiger partial charge in [0, 0.05) is 31.8 Å². The van der Waals surface area contributed by atoms with Crippen molar-refractivity contribution in [1.82, 2.24) is 29.9 Å². The molecule has 2 aromatic heterocycles. The number of rotatable bonds is 5. The first-order chi connectivity index (χ1) is 15.6. The lowest BCUT2D eigenvalue weighted by Gasteiger charge is -2.28. The maximum absolute atomic E-state index is 14.6. The minimum Gasteiger partial charge on any atom is -0.329 e. The Bertz CT molecular complexity index is 1130. The summed E-state index contributed by atoms with van der Waals surface area (Å²) < 4.78 is 81.7. The number of aryl methyl sites for hydroxylation is 1. The van der Waals surface area contributed by atoms with E-state index in [0.717, 1.165) is 15.8 Å². The van der Waals surface area contributed by atoms with Crippen LogP contribution in [0.15, 0.2) is 43.0 Å². The second kappa shape index (κ2) is 8.45. The van der Waals surface area contributed by atoms with Gasteiger partial charge in [0.15, 0.2) is 5.82 Å². The molecule has 3 heterocycles. The lowest BCUT2D eigenvalue weighted by atomic mass is 10.0. The number of para-hydroxylation sites is 1. The van der Waals surface area contributed by atoms with Crippen molar-refractivity contribution < 1.29 is 31.1 Å². The maximum Gasteiger partial charge on any atom is 0.419 e. The SMILES string of the molecule is O=C(c1cccc(F)c1-n1nccn1)N1CCC(F)(F)[C@H]1CCc1ncc(C(F)(F)F)cn1. The Hall–Kier alpha value is -3.51. The third-order valence-electron chi connectivity index (χ3n) is 5.32. The number of carbonyl (C=O) groups excluding carboxylic acids is 1. The standard InChI is InChI=1S/C20H16F6N6O/c21-14-3-1-2-13(17(14)32-29-7-8-30-32)18(33)31-9-6-19(22,23)15(31)4-5-16-27-10-12(11-28-16)20(24,25)26/h1-3,7-8,10-11,15H,4-6,9H2/t15-/m1/s1. The number of hydrogen-bond acceptors (Lipinski definition) is 5. The molecule has 0 spiro atoms. The molecule has 0 N–H and O–H groups in total. The van der Waals surface area contributed by atoms with Crippen LogP contribution in [0, 0.1) is 5.82 Å². The van der Waals surface area contributed by atoms with Crippen LogP contribution < -0.4 is 0 Å². The molecule has 1 saturated heterocycles. The Morgan fingerprint density at radius 2 is 1.79 bits per heavy atom. The van der Waals surface area contributed by atoms with Crippen molar-refractivity contribution in [1.29, 1.82) is 0 Å². The number of carbonyl (C=O) groups is 1. The first-order valence-corrected chi connectivity index (χ1v) is 9.80. The zero-order chi connectivity index (χ0) is 23.8. The van der Waals surface area contributed by atoms with Crippen molar-refractivity contribution in [3.05, 3.63) is 65.8 Å². The number of benzene rings is 1. The lowest BCUT2D eigenvalue weighted by Crippen LogP contribution is -2.43. The van der Waals surface area contributed by atoms with Crippen molar-refractivity contribution in [2.24, 2.45) is 0 Å². The molecule has 0 radical (unpaired) electrons. The van der Waals surface area contributed by atoms with Gasteiger partial charge >= 0.3 is 6.18 Å². The smallest absolute Gasteiger partial charge is 0.329 e. The summed E-state index contributed by atoms with van der Waals surface area (Å²) in [5.74, 6) is -4.96. The molecule has 1 aliphatic heterocycles. The van der Waals surface area contributed by atoms with Crippen LogP contribution >= 0.6 is 0 Å². The van der Waals surface area contributed by atoms with Crippen LogP contribution in [0.2, 0.25) is 0 Å². The van der Waals surface area contributed by atoms with Gasteiger partial charge in [0.2, 0.25) is 0 Å². The molecule has 13 heteroatoms. The second-order valence-electron chi connectivity index (χ2n) is 7.40. The van der Waals surface area contributed by atoms with Crippen LogP contribution in [0.25, 0.3) is 5.69 Å². The largest absolute Gasteiger partial charge is 0.419 e. The molecule has 1 fully saturated rings. The van der Waals surface area contributed by atoms with Crippen LogP contribution in [-0.2, 0) is 12.6 Å². The van der Waals surface area contributed by atoms with Crippen molar-refractivity contribution in [2.75, 3.05) is 6.54 Å². The number of hydrogen-bond donors (Lipinski definition) is 0. The van der Waals surface area contributed by atoms with Gasteiger partial charge in [0.05, 0.1) is 29.6 Å². The number of nitrogens with zero attached hydrogens (tertiary/aromatic N) is 6. The summed E-state index contributed by atoms with van der Waals surface area (Å²) >= 11 is 0. The molecule has 4 rings (SSSR count). The number of alkyl halides is 5. The molecule has 1 aliphatic rings. The van der Waals surface area contributed by atoms with E-state index in [4.69, 9.17) is 0 Å². The highest BCUT2D eigenvalue weighted by Crippen LogP contribution is 2.38. The van der Waals surface area contributed by atoms with Gasteiger partial charge in [-0.2, -0.15) is 23.4 Å². The Morgan fingerprint density at radius 1 is 1.12 bits per heavy atom. The first kappa shape index (κ1) is 22.7. The van der Waals surface area contributed by atoms with Gasteiger partial charge in [0.25, 0.3) is 11.8 Å². The highest BCUT2D eigenvalue weighted by atomic mass is 19.4. The Morgan fingerprint density at radius 3 is 2.42 bits per heavy atom. The van der Waals surface area contributed by atoms with Crippen LogP contribution in [0.4, 0.5) is 26.3 Å². The molecule has 0 unspecified atom stereocenters. The topological polar surface area (TPSA) is 76.8 Å². The van der Waals surface area contributed by atoms with Crippen LogP contribution in [0.1, 0.15) is 34.6 Å². The predicted octanol–water partition coefficient (Wildman–Crippen LogP) is 3.70. The van der Waals surface area contributed by atoms with E-state index in [1.54, 1.807) is 0 Å². The zero-order valence-electron chi connectivity index (χ0n) is 16.8. The van der Waals surface area contributed by atoms with E-state index in [9.17, 15) is 31.1 Å². The average Bonchev–Trinajstić information content (AvgIpc) is 3.39. The fourth-order valence-corrected chi connectivity index (χ4v) is 3.70. The summed E-state index contributed by atoms with van der Waals surface area (Å²) in [4.78, 5) is 22.2. The second-order valence-corrected chi connectivity index (χ2v) is 7.40. The third kappa shape index (κ3) is 4.52. The van der Waals surface area contributed by atoms with Crippen LogP contribution in [0.3, 0.4) is 0 Å². The fraction of sp³-hybridized carbons (Fsp3) is 0.350. The normalized spacial score (nSPS) is 18.0. The predicted molar refractivity (Wildman–Crippen MR) is 101 cm³/mol. The summed E-state index contributed by atoms with van der Waals surface area (Å²) in [6.45, 7) is -0.285. The molecule has 0 aliphatic carbocycles. The summed E-state index contributed by atoms with van der Waals surface area (Å²) in [6.07, 6.45) is -2.00. The number of likely N-dealkylation sites (tertiary alicyclic amines) is 1. The van der Waals surface area contributed by atoms with E-state index in [-0.39, 0.29) is 36.5 Å². The molecule has 0 saturated carbocycles. The summed E-state index contributed by atoms with van der Waals surface area (Å²) in [7, 11) is 0.